The number of aromatic nitrogens is 3. The first-order chi connectivity index (χ1) is 12.4. The average Bonchev–Trinajstić information content (AvgIpc) is 3.10. The molecule has 2 aromatic rings. The zero-order valence-electron chi connectivity index (χ0n) is 15.6. The van der Waals surface area contributed by atoms with Crippen LogP contribution in [0.1, 0.15) is 46.5 Å². The Labute approximate surface area is 154 Å². The molecule has 0 unspecified atom stereocenters. The molecule has 7 nitrogen and oxygen atoms in total. The van der Waals surface area contributed by atoms with Gasteiger partial charge >= 0.3 is 6.09 Å². The van der Waals surface area contributed by atoms with E-state index in [2.05, 4.69) is 20.7 Å². The third-order valence-corrected chi connectivity index (χ3v) is 4.31. The van der Waals surface area contributed by atoms with Crippen molar-refractivity contribution in [3.8, 4) is 5.69 Å². The minimum Gasteiger partial charge on any atom is -0.444 e. The monoisotopic (exact) mass is 357 g/mol. The molecule has 1 aliphatic carbocycles. The number of alkyl carbamates (subject to hydrolysis) is 1. The van der Waals surface area contributed by atoms with Crippen LogP contribution in [0.4, 0.5) is 10.6 Å². The van der Waals surface area contributed by atoms with Crippen molar-refractivity contribution in [2.45, 2.75) is 64.1 Å². The summed E-state index contributed by atoms with van der Waals surface area (Å²) in [4.78, 5) is 16.3. The number of carbonyl (C=O) groups is 1. The molecule has 2 heterocycles. The van der Waals surface area contributed by atoms with E-state index in [1.807, 2.05) is 49.8 Å². The van der Waals surface area contributed by atoms with Crippen LogP contribution in [0.3, 0.4) is 0 Å². The van der Waals surface area contributed by atoms with Crippen molar-refractivity contribution in [3.63, 3.8) is 0 Å². The first kappa shape index (κ1) is 18.2. The van der Waals surface area contributed by atoms with E-state index < -0.39 is 5.60 Å². The predicted octanol–water partition coefficient (Wildman–Crippen LogP) is 3.52. The lowest BCUT2D eigenvalue weighted by Gasteiger charge is -2.30. The highest BCUT2D eigenvalue weighted by Gasteiger charge is 2.24. The highest BCUT2D eigenvalue weighted by Crippen LogP contribution is 2.23. The smallest absolute Gasteiger partial charge is 0.407 e. The van der Waals surface area contributed by atoms with Gasteiger partial charge in [0.05, 0.1) is 5.69 Å². The lowest BCUT2D eigenvalue weighted by atomic mass is 9.91. The molecule has 0 aliphatic heterocycles. The van der Waals surface area contributed by atoms with Crippen molar-refractivity contribution in [1.82, 2.24) is 20.1 Å². The average molecular weight is 357 g/mol. The Balaban J connectivity index is 1.49. The van der Waals surface area contributed by atoms with Gasteiger partial charge in [-0.3, -0.25) is 0 Å². The molecular formula is C19H27N5O2. The molecule has 140 valence electrons. The molecule has 0 atom stereocenters. The van der Waals surface area contributed by atoms with Crippen molar-refractivity contribution in [3.05, 3.63) is 36.8 Å². The second-order valence-electron chi connectivity index (χ2n) is 7.69. The number of ether oxygens (including phenoxy) is 1. The topological polar surface area (TPSA) is 81.1 Å². The third kappa shape index (κ3) is 5.21. The number of rotatable bonds is 4. The summed E-state index contributed by atoms with van der Waals surface area (Å²) < 4.78 is 7.14. The largest absolute Gasteiger partial charge is 0.444 e. The van der Waals surface area contributed by atoms with Crippen LogP contribution in [-0.2, 0) is 4.74 Å². The Morgan fingerprint density at radius 1 is 1.19 bits per heavy atom. The SMILES string of the molecule is CC(C)(C)OC(=O)N[C@H]1CC[C@@H](Nc2cc(-n3cccn3)ccn2)CC1. The summed E-state index contributed by atoms with van der Waals surface area (Å²) in [6.45, 7) is 5.62. The Kier molecular flexibility index (Phi) is 5.44. The maximum absolute atomic E-state index is 11.9. The van der Waals surface area contributed by atoms with E-state index in [9.17, 15) is 4.79 Å². The maximum atomic E-state index is 11.9. The molecule has 0 aromatic carbocycles. The summed E-state index contributed by atoms with van der Waals surface area (Å²) >= 11 is 0. The van der Waals surface area contributed by atoms with Gasteiger partial charge < -0.3 is 15.4 Å². The van der Waals surface area contributed by atoms with Crippen LogP contribution >= 0.6 is 0 Å². The van der Waals surface area contributed by atoms with Crippen molar-refractivity contribution in [2.24, 2.45) is 0 Å². The number of carbonyl (C=O) groups excluding carboxylic acids is 1. The fraction of sp³-hybridized carbons (Fsp3) is 0.526. The Morgan fingerprint density at radius 3 is 2.58 bits per heavy atom. The van der Waals surface area contributed by atoms with Crippen LogP contribution in [0, 0.1) is 0 Å². The van der Waals surface area contributed by atoms with Gasteiger partial charge in [-0.05, 0) is 58.6 Å². The van der Waals surface area contributed by atoms with Gasteiger partial charge in [0.15, 0.2) is 0 Å². The van der Waals surface area contributed by atoms with Gasteiger partial charge in [-0.25, -0.2) is 14.5 Å². The summed E-state index contributed by atoms with van der Waals surface area (Å²) in [5.74, 6) is 0.849. The molecule has 0 spiro atoms. The minimum atomic E-state index is -0.464. The van der Waals surface area contributed by atoms with E-state index >= 15 is 0 Å². The number of hydrogen-bond donors (Lipinski definition) is 2. The number of nitrogens with one attached hydrogen (secondary N) is 2. The molecule has 3 rings (SSSR count). The number of pyridine rings is 1. The molecule has 7 heteroatoms. The molecule has 0 saturated heterocycles. The normalized spacial score (nSPS) is 20.4. The van der Waals surface area contributed by atoms with Crippen molar-refractivity contribution >= 4 is 11.9 Å². The highest BCUT2D eigenvalue weighted by atomic mass is 16.6. The van der Waals surface area contributed by atoms with E-state index in [-0.39, 0.29) is 12.1 Å². The fourth-order valence-electron chi connectivity index (χ4n) is 3.13. The van der Waals surface area contributed by atoms with E-state index in [1.165, 1.54) is 0 Å². The van der Waals surface area contributed by atoms with Crippen LogP contribution in [-0.4, -0.2) is 38.5 Å². The van der Waals surface area contributed by atoms with E-state index in [1.54, 1.807) is 12.4 Å². The zero-order valence-corrected chi connectivity index (χ0v) is 15.6. The summed E-state index contributed by atoms with van der Waals surface area (Å²) in [5, 5.41) is 10.7. The van der Waals surface area contributed by atoms with E-state index in [4.69, 9.17) is 4.74 Å². The molecule has 1 aliphatic rings. The highest BCUT2D eigenvalue weighted by molar-refractivity contribution is 5.68. The Morgan fingerprint density at radius 2 is 1.92 bits per heavy atom. The van der Waals surface area contributed by atoms with Gasteiger partial charge in [0.25, 0.3) is 0 Å². The molecular weight excluding hydrogens is 330 g/mol. The number of anilines is 1. The summed E-state index contributed by atoms with van der Waals surface area (Å²) in [6, 6.07) is 6.35. The van der Waals surface area contributed by atoms with Crippen molar-refractivity contribution in [1.29, 1.82) is 0 Å². The molecule has 0 radical (unpaired) electrons. The van der Waals surface area contributed by atoms with Gasteiger partial charge in [-0.15, -0.1) is 0 Å². The first-order valence-electron chi connectivity index (χ1n) is 9.11. The second-order valence-corrected chi connectivity index (χ2v) is 7.69. The number of hydrogen-bond acceptors (Lipinski definition) is 5. The van der Waals surface area contributed by atoms with Crippen LogP contribution in [0.5, 0.6) is 0 Å². The van der Waals surface area contributed by atoms with Crippen LogP contribution in [0.2, 0.25) is 0 Å². The lowest BCUT2D eigenvalue weighted by molar-refractivity contribution is 0.0492. The standard InChI is InChI=1S/C19H27N5O2/c1-19(2,3)26-18(25)23-15-7-5-14(6-8-15)22-17-13-16(9-11-20-17)24-12-4-10-21-24/h4,9-15H,5-8H2,1-3H3,(H,20,22)(H,23,25)/t14-,15+. The molecule has 1 fully saturated rings. The molecule has 26 heavy (non-hydrogen) atoms. The molecule has 1 amide bonds. The van der Waals surface area contributed by atoms with Crippen LogP contribution in [0.15, 0.2) is 36.8 Å². The van der Waals surface area contributed by atoms with Crippen molar-refractivity contribution in [2.75, 3.05) is 5.32 Å². The van der Waals surface area contributed by atoms with Crippen molar-refractivity contribution < 1.29 is 9.53 Å². The third-order valence-electron chi connectivity index (χ3n) is 4.31. The fourth-order valence-corrected chi connectivity index (χ4v) is 3.13. The zero-order chi connectivity index (χ0) is 18.6. The molecule has 1 saturated carbocycles. The summed E-state index contributed by atoms with van der Waals surface area (Å²) in [5.41, 5.74) is 0.515. The number of amides is 1. The Hall–Kier alpha value is -2.57. The van der Waals surface area contributed by atoms with Gasteiger partial charge in [0, 0.05) is 36.7 Å². The molecule has 0 bridgehead atoms. The predicted molar refractivity (Wildman–Crippen MR) is 100 cm³/mol. The second kappa shape index (κ2) is 7.76. The van der Waals surface area contributed by atoms with Crippen LogP contribution < -0.4 is 10.6 Å². The quantitative estimate of drug-likeness (QED) is 0.875. The summed E-state index contributed by atoms with van der Waals surface area (Å²) in [6.07, 6.45) is 8.93. The Bertz CT molecular complexity index is 716. The maximum Gasteiger partial charge on any atom is 0.407 e. The van der Waals surface area contributed by atoms with Crippen LogP contribution in [0.25, 0.3) is 5.69 Å². The van der Waals surface area contributed by atoms with E-state index in [0.29, 0.717) is 6.04 Å². The number of nitrogens with zero attached hydrogens (tertiary/aromatic N) is 3. The lowest BCUT2D eigenvalue weighted by Crippen LogP contribution is -2.42. The van der Waals surface area contributed by atoms with Gasteiger partial charge in [0.2, 0.25) is 0 Å². The first-order valence-corrected chi connectivity index (χ1v) is 9.11. The van der Waals surface area contributed by atoms with Gasteiger partial charge in [-0.2, -0.15) is 5.10 Å². The molecule has 2 aromatic heterocycles. The van der Waals surface area contributed by atoms with E-state index in [0.717, 1.165) is 37.2 Å². The minimum absolute atomic E-state index is 0.172. The van der Waals surface area contributed by atoms with Gasteiger partial charge in [0.1, 0.15) is 11.4 Å². The summed E-state index contributed by atoms with van der Waals surface area (Å²) in [7, 11) is 0. The molecule has 2 N–H and O–H groups in total. The van der Waals surface area contributed by atoms with Gasteiger partial charge in [-0.1, -0.05) is 0 Å².